The van der Waals surface area contributed by atoms with Crippen molar-refractivity contribution in [3.05, 3.63) is 0 Å². The van der Waals surface area contributed by atoms with Crippen LogP contribution in [0.4, 0.5) is 4.79 Å². The molecule has 0 aromatic carbocycles. The second-order valence-electron chi connectivity index (χ2n) is 10.7. The van der Waals surface area contributed by atoms with Gasteiger partial charge in [-0.3, -0.25) is 14.6 Å². The Labute approximate surface area is 189 Å². The zero-order valence-corrected chi connectivity index (χ0v) is 21.0. The van der Waals surface area contributed by atoms with Crippen molar-refractivity contribution >= 4 is 12.0 Å². The molecule has 1 aliphatic rings. The van der Waals surface area contributed by atoms with Gasteiger partial charge < -0.3 is 20.1 Å². The van der Waals surface area contributed by atoms with Gasteiger partial charge in [-0.05, 0) is 41.0 Å². The Hall–Kier alpha value is -1.38. The summed E-state index contributed by atoms with van der Waals surface area (Å²) in [6, 6.07) is -0.103. The molecule has 182 valence electrons. The quantitative estimate of drug-likeness (QED) is 0.541. The van der Waals surface area contributed by atoms with Crippen LogP contribution in [0.15, 0.2) is 0 Å². The Balaban J connectivity index is 2.14. The Morgan fingerprint density at radius 1 is 0.839 bits per heavy atom. The van der Waals surface area contributed by atoms with Gasteiger partial charge in [0, 0.05) is 56.8 Å². The summed E-state index contributed by atoms with van der Waals surface area (Å²) in [6.07, 6.45) is 0.248. The summed E-state index contributed by atoms with van der Waals surface area (Å²) < 4.78 is 11.1. The molecule has 0 radical (unpaired) electrons. The number of hydrogen-bond donors (Lipinski definition) is 2. The third-order valence-corrected chi connectivity index (χ3v) is 5.18. The lowest BCUT2D eigenvalue weighted by Gasteiger charge is -2.35. The zero-order valence-electron chi connectivity index (χ0n) is 21.0. The average Bonchev–Trinajstić information content (AvgIpc) is 2.60. The first-order valence-corrected chi connectivity index (χ1v) is 11.6. The van der Waals surface area contributed by atoms with Crippen LogP contribution in [0.5, 0.6) is 0 Å². The third kappa shape index (κ3) is 12.9. The lowest BCUT2D eigenvalue weighted by Crippen LogP contribution is -2.48. The lowest BCUT2D eigenvalue weighted by atomic mass is 9.95. The monoisotopic (exact) mass is 442 g/mol. The molecular weight excluding hydrogens is 396 g/mol. The summed E-state index contributed by atoms with van der Waals surface area (Å²) in [4.78, 5) is 28.8. The number of piperazine rings is 1. The van der Waals surface area contributed by atoms with Gasteiger partial charge in [0.25, 0.3) is 0 Å². The third-order valence-electron chi connectivity index (χ3n) is 5.18. The minimum absolute atomic E-state index is 0.0107. The molecule has 0 aliphatic carbocycles. The van der Waals surface area contributed by atoms with Crippen LogP contribution in [-0.2, 0) is 14.3 Å². The predicted molar refractivity (Wildman–Crippen MR) is 124 cm³/mol. The SMILES string of the molecule is CC(CC(C)NC(=O)C(C)(C)C)NC(=O)OCCN1CCN(CCOC(C)(C)C)CC1. The maximum absolute atomic E-state index is 12.0. The molecular formula is C23H46N4O4. The Morgan fingerprint density at radius 2 is 1.32 bits per heavy atom. The van der Waals surface area contributed by atoms with E-state index in [9.17, 15) is 9.59 Å². The molecule has 0 spiro atoms. The van der Waals surface area contributed by atoms with Crippen LogP contribution < -0.4 is 10.6 Å². The molecule has 31 heavy (non-hydrogen) atoms. The van der Waals surface area contributed by atoms with E-state index in [2.05, 4.69) is 41.2 Å². The number of nitrogens with one attached hydrogen (secondary N) is 2. The number of hydrogen-bond acceptors (Lipinski definition) is 6. The average molecular weight is 443 g/mol. The van der Waals surface area contributed by atoms with Crippen LogP contribution in [0.2, 0.25) is 0 Å². The van der Waals surface area contributed by atoms with Crippen LogP contribution >= 0.6 is 0 Å². The lowest BCUT2D eigenvalue weighted by molar-refractivity contribution is -0.129. The van der Waals surface area contributed by atoms with Gasteiger partial charge in [0.1, 0.15) is 6.61 Å². The van der Waals surface area contributed by atoms with E-state index in [1.54, 1.807) is 0 Å². The molecule has 2 N–H and O–H groups in total. The highest BCUT2D eigenvalue weighted by Gasteiger charge is 2.23. The van der Waals surface area contributed by atoms with Crippen LogP contribution in [0, 0.1) is 5.41 Å². The van der Waals surface area contributed by atoms with E-state index < -0.39 is 11.5 Å². The summed E-state index contributed by atoms with van der Waals surface area (Å²) in [6.45, 7) is 22.5. The molecule has 1 aliphatic heterocycles. The number of alkyl carbamates (subject to hydrolysis) is 1. The highest BCUT2D eigenvalue weighted by atomic mass is 16.5. The van der Waals surface area contributed by atoms with Gasteiger partial charge in [-0.15, -0.1) is 0 Å². The summed E-state index contributed by atoms with van der Waals surface area (Å²) in [5.74, 6) is 0.0107. The molecule has 0 aromatic heterocycles. The van der Waals surface area contributed by atoms with Gasteiger partial charge in [0.05, 0.1) is 12.2 Å². The van der Waals surface area contributed by atoms with Crippen LogP contribution in [-0.4, -0.2) is 92.0 Å². The van der Waals surface area contributed by atoms with Gasteiger partial charge in [0.15, 0.2) is 0 Å². The first kappa shape index (κ1) is 27.7. The molecule has 1 fully saturated rings. The molecule has 8 nitrogen and oxygen atoms in total. The Bertz CT molecular complexity index is 549. The van der Waals surface area contributed by atoms with Gasteiger partial charge in [-0.2, -0.15) is 0 Å². The molecule has 2 amide bonds. The van der Waals surface area contributed by atoms with Gasteiger partial charge in [-0.1, -0.05) is 20.8 Å². The smallest absolute Gasteiger partial charge is 0.407 e. The van der Waals surface area contributed by atoms with Crippen molar-refractivity contribution in [1.29, 1.82) is 0 Å². The van der Waals surface area contributed by atoms with E-state index in [1.807, 2.05) is 34.6 Å². The second kappa shape index (κ2) is 12.6. The highest BCUT2D eigenvalue weighted by Crippen LogP contribution is 2.13. The summed E-state index contributed by atoms with van der Waals surface area (Å²) in [5, 5.41) is 5.83. The van der Waals surface area contributed by atoms with Crippen LogP contribution in [0.1, 0.15) is 61.8 Å². The van der Waals surface area contributed by atoms with Crippen molar-refractivity contribution < 1.29 is 19.1 Å². The molecule has 2 atom stereocenters. The van der Waals surface area contributed by atoms with E-state index in [-0.39, 0.29) is 23.6 Å². The largest absolute Gasteiger partial charge is 0.448 e. The zero-order chi connectivity index (χ0) is 23.7. The topological polar surface area (TPSA) is 83.1 Å². The van der Waals surface area contributed by atoms with Crippen molar-refractivity contribution in [3.8, 4) is 0 Å². The number of carbonyl (C=O) groups is 2. The minimum atomic E-state index is -0.421. The summed E-state index contributed by atoms with van der Waals surface area (Å²) in [5.41, 5.74) is -0.509. The van der Waals surface area contributed by atoms with E-state index in [0.29, 0.717) is 13.0 Å². The van der Waals surface area contributed by atoms with E-state index >= 15 is 0 Å². The maximum atomic E-state index is 12.0. The van der Waals surface area contributed by atoms with Crippen molar-refractivity contribution in [2.75, 3.05) is 52.5 Å². The van der Waals surface area contributed by atoms with Gasteiger partial charge >= 0.3 is 6.09 Å². The number of carbonyl (C=O) groups excluding carboxylic acids is 2. The molecule has 0 saturated carbocycles. The summed E-state index contributed by atoms with van der Waals surface area (Å²) in [7, 11) is 0. The molecule has 2 unspecified atom stereocenters. The fraction of sp³-hybridized carbons (Fsp3) is 0.913. The second-order valence-corrected chi connectivity index (χ2v) is 10.7. The summed E-state index contributed by atoms with van der Waals surface area (Å²) >= 11 is 0. The van der Waals surface area contributed by atoms with Crippen molar-refractivity contribution in [1.82, 2.24) is 20.4 Å². The fourth-order valence-corrected chi connectivity index (χ4v) is 3.32. The minimum Gasteiger partial charge on any atom is -0.448 e. The number of ether oxygens (including phenoxy) is 2. The standard InChI is InChI=1S/C23H46N4O4/c1-18(24-20(28)22(3,4)5)17-19(2)25-21(29)30-15-13-26-9-11-27(12-10-26)14-16-31-23(6,7)8/h18-19H,9-17H2,1-8H3,(H,24,28)(H,25,29). The molecule has 1 saturated heterocycles. The van der Waals surface area contributed by atoms with Gasteiger partial charge in [0.2, 0.25) is 5.91 Å². The molecule has 8 heteroatoms. The number of rotatable bonds is 10. The van der Waals surface area contributed by atoms with Gasteiger partial charge in [-0.25, -0.2) is 4.79 Å². The Kier molecular flexibility index (Phi) is 11.2. The van der Waals surface area contributed by atoms with Crippen molar-refractivity contribution in [3.63, 3.8) is 0 Å². The predicted octanol–water partition coefficient (Wildman–Crippen LogP) is 2.47. The first-order valence-electron chi connectivity index (χ1n) is 11.6. The van der Waals surface area contributed by atoms with E-state index in [4.69, 9.17) is 9.47 Å². The molecule has 1 heterocycles. The first-order chi connectivity index (χ1) is 14.3. The fourth-order valence-electron chi connectivity index (χ4n) is 3.32. The molecule has 0 bridgehead atoms. The highest BCUT2D eigenvalue weighted by molar-refractivity contribution is 5.81. The number of nitrogens with zero attached hydrogens (tertiary/aromatic N) is 2. The normalized spacial score (nSPS) is 18.3. The number of amides is 2. The van der Waals surface area contributed by atoms with Crippen molar-refractivity contribution in [2.24, 2.45) is 5.41 Å². The Morgan fingerprint density at radius 3 is 1.81 bits per heavy atom. The molecule has 0 aromatic rings. The van der Waals surface area contributed by atoms with Crippen LogP contribution in [0.25, 0.3) is 0 Å². The molecule has 1 rings (SSSR count). The van der Waals surface area contributed by atoms with Crippen molar-refractivity contribution in [2.45, 2.75) is 79.5 Å². The van der Waals surface area contributed by atoms with E-state index in [0.717, 1.165) is 45.9 Å². The van der Waals surface area contributed by atoms with Crippen LogP contribution in [0.3, 0.4) is 0 Å². The van der Waals surface area contributed by atoms with E-state index in [1.165, 1.54) is 0 Å². The maximum Gasteiger partial charge on any atom is 0.407 e.